The Morgan fingerprint density at radius 3 is 1.85 bits per heavy atom. The summed E-state index contributed by atoms with van der Waals surface area (Å²) in [4.78, 5) is 20.4. The average molecular weight is 613 g/mol. The lowest BCUT2D eigenvalue weighted by Crippen LogP contribution is -2.53. The Bertz CT molecular complexity index is 2140. The van der Waals surface area contributed by atoms with Gasteiger partial charge < -0.3 is 19.6 Å². The van der Waals surface area contributed by atoms with Crippen molar-refractivity contribution in [3.63, 3.8) is 0 Å². The molecule has 5 atom stereocenters. The molecule has 4 aliphatic heterocycles. The minimum atomic E-state index is -0.336. The summed E-state index contributed by atoms with van der Waals surface area (Å²) in [6.45, 7) is 7.25. The minimum Gasteiger partial charge on any atom is -0.317 e. The fraction of sp³-hybridized carbons (Fsp3) is 0.220. The van der Waals surface area contributed by atoms with Crippen molar-refractivity contribution in [2.24, 2.45) is 10.4 Å². The monoisotopic (exact) mass is 612 g/mol. The summed E-state index contributed by atoms with van der Waals surface area (Å²) in [5.41, 5.74) is 9.05. The van der Waals surface area contributed by atoms with Gasteiger partial charge in [-0.3, -0.25) is 4.99 Å². The van der Waals surface area contributed by atoms with Gasteiger partial charge >= 0.3 is 0 Å². The number of anilines is 6. The largest absolute Gasteiger partial charge is 0.317 e. The molecular formula is C41H36N6. The van der Waals surface area contributed by atoms with Gasteiger partial charge in [0.15, 0.2) is 11.7 Å². The maximum absolute atomic E-state index is 5.09. The third-order valence-electron chi connectivity index (χ3n) is 12.3. The molecule has 6 heteroatoms. The second kappa shape index (κ2) is 8.91. The quantitative estimate of drug-likeness (QED) is 0.200. The Morgan fingerprint density at radius 2 is 1.19 bits per heavy atom. The molecule has 5 aliphatic rings. The second-order valence-electron chi connectivity index (χ2n) is 13.6. The van der Waals surface area contributed by atoms with E-state index in [1.807, 2.05) is 13.2 Å². The zero-order valence-corrected chi connectivity index (χ0v) is 27.0. The number of para-hydroxylation sites is 4. The van der Waals surface area contributed by atoms with Crippen LogP contribution in [0.1, 0.15) is 31.9 Å². The van der Waals surface area contributed by atoms with Crippen molar-refractivity contribution in [3.05, 3.63) is 150 Å². The van der Waals surface area contributed by atoms with Crippen molar-refractivity contribution in [1.29, 1.82) is 0 Å². The standard InChI is InChI=1S/C41H36N6/c1-5-31-35(42-4)47-32-23-14-12-21-29(32)39(2)40(3,37(47)44(31)27-17-8-6-9-18-27)41(39)30-22-13-15-24-33(30)46-34-25-16-26-43-36(34)45(38(41)46)28-19-10-7-11-20-28/h5-26,37-38H,1-4H3/b31-5+,42-35+. The van der Waals surface area contributed by atoms with E-state index in [2.05, 4.69) is 168 Å². The molecule has 4 aromatic carbocycles. The molecule has 0 bridgehead atoms. The third kappa shape index (κ3) is 2.75. The first kappa shape index (κ1) is 26.8. The number of nitrogens with zero attached hydrogens (tertiary/aromatic N) is 6. The van der Waals surface area contributed by atoms with Gasteiger partial charge in [-0.15, -0.1) is 0 Å². The van der Waals surface area contributed by atoms with Crippen molar-refractivity contribution in [2.45, 2.75) is 43.9 Å². The number of aliphatic imine (C=N–C) groups is 1. The van der Waals surface area contributed by atoms with E-state index in [4.69, 9.17) is 9.98 Å². The summed E-state index contributed by atoms with van der Waals surface area (Å²) >= 11 is 0. The summed E-state index contributed by atoms with van der Waals surface area (Å²) < 4.78 is 0. The van der Waals surface area contributed by atoms with Crippen LogP contribution >= 0.6 is 0 Å². The first-order chi connectivity index (χ1) is 23.1. The third-order valence-corrected chi connectivity index (χ3v) is 12.3. The van der Waals surface area contributed by atoms with Gasteiger partial charge in [0.25, 0.3) is 0 Å². The molecule has 1 spiro atoms. The molecule has 1 saturated heterocycles. The molecule has 5 unspecified atom stereocenters. The van der Waals surface area contributed by atoms with E-state index < -0.39 is 0 Å². The maximum Gasteiger partial charge on any atom is 0.158 e. The van der Waals surface area contributed by atoms with Gasteiger partial charge in [0, 0.05) is 46.8 Å². The van der Waals surface area contributed by atoms with Gasteiger partial charge in [-0.25, -0.2) is 4.98 Å². The van der Waals surface area contributed by atoms with Crippen LogP contribution in [0.25, 0.3) is 0 Å². The zero-order chi connectivity index (χ0) is 31.7. The Morgan fingerprint density at radius 1 is 0.617 bits per heavy atom. The number of hydrogen-bond donors (Lipinski definition) is 0. The van der Waals surface area contributed by atoms with Crippen molar-refractivity contribution in [1.82, 2.24) is 4.98 Å². The highest BCUT2D eigenvalue weighted by molar-refractivity contribution is 6.17. The summed E-state index contributed by atoms with van der Waals surface area (Å²) in [6.07, 6.45) is 4.11. The maximum atomic E-state index is 5.09. The van der Waals surface area contributed by atoms with E-state index >= 15 is 0 Å². The smallest absolute Gasteiger partial charge is 0.158 e. The molecule has 0 N–H and O–H groups in total. The van der Waals surface area contributed by atoms with Gasteiger partial charge in [-0.05, 0) is 66.6 Å². The van der Waals surface area contributed by atoms with Gasteiger partial charge in [0.05, 0.1) is 16.8 Å². The number of allylic oxidation sites excluding steroid dienone is 1. The molecule has 0 amide bonds. The number of aromatic nitrogens is 1. The highest BCUT2D eigenvalue weighted by atomic mass is 15.5. The number of pyridine rings is 1. The molecule has 47 heavy (non-hydrogen) atoms. The van der Waals surface area contributed by atoms with Crippen molar-refractivity contribution < 1.29 is 0 Å². The van der Waals surface area contributed by atoms with Crippen LogP contribution in [0.5, 0.6) is 0 Å². The summed E-state index contributed by atoms with van der Waals surface area (Å²) in [5, 5.41) is 0. The number of benzene rings is 4. The van der Waals surface area contributed by atoms with Crippen LogP contribution in [0.4, 0.5) is 34.3 Å². The molecule has 230 valence electrons. The lowest BCUT2D eigenvalue weighted by atomic mass is 9.80. The SMILES string of the molecule is C/C=C1\C(=N/C)N2c3ccccc3C3(C)C(C)(C2N1c1ccccc1)C31c2ccccc2N2c3cccnc3N(c3ccccc3)C21. The van der Waals surface area contributed by atoms with E-state index in [-0.39, 0.29) is 28.6 Å². The van der Waals surface area contributed by atoms with Crippen LogP contribution in [0.15, 0.2) is 144 Å². The van der Waals surface area contributed by atoms with Gasteiger partial charge in [0.2, 0.25) is 0 Å². The summed E-state index contributed by atoms with van der Waals surface area (Å²) in [6, 6.07) is 44.3. The van der Waals surface area contributed by atoms with Crippen LogP contribution in [-0.4, -0.2) is 30.2 Å². The fourth-order valence-electron chi connectivity index (χ4n) is 10.6. The molecule has 5 aromatic rings. The first-order valence-corrected chi connectivity index (χ1v) is 16.6. The lowest BCUT2D eigenvalue weighted by molar-refractivity contribution is 0.339. The topological polar surface area (TPSA) is 38.2 Å². The normalized spacial score (nSPS) is 30.7. The molecule has 0 radical (unpaired) electrons. The lowest BCUT2D eigenvalue weighted by Gasteiger charge is -2.44. The van der Waals surface area contributed by atoms with Gasteiger partial charge in [-0.2, -0.15) is 0 Å². The Hall–Kier alpha value is -5.36. The van der Waals surface area contributed by atoms with Crippen LogP contribution in [0.3, 0.4) is 0 Å². The van der Waals surface area contributed by atoms with E-state index in [1.165, 1.54) is 28.2 Å². The molecule has 1 saturated carbocycles. The van der Waals surface area contributed by atoms with Crippen molar-refractivity contribution >= 4 is 40.1 Å². The number of fused-ring (bicyclic) bond motifs is 15. The summed E-state index contributed by atoms with van der Waals surface area (Å²) in [5.74, 6) is 2.02. The van der Waals surface area contributed by atoms with Crippen LogP contribution < -0.4 is 19.6 Å². The molecule has 5 heterocycles. The minimum absolute atomic E-state index is 0.0306. The highest BCUT2D eigenvalue weighted by Crippen LogP contribution is 2.89. The Labute approximate surface area is 275 Å². The second-order valence-corrected chi connectivity index (χ2v) is 13.6. The van der Waals surface area contributed by atoms with E-state index in [9.17, 15) is 0 Å². The summed E-state index contributed by atoms with van der Waals surface area (Å²) in [7, 11) is 1.94. The van der Waals surface area contributed by atoms with Crippen LogP contribution in [0.2, 0.25) is 0 Å². The average Bonchev–Trinajstić information content (AvgIpc) is 3.51. The molecule has 10 rings (SSSR count). The molecular weight excluding hydrogens is 576 g/mol. The predicted octanol–water partition coefficient (Wildman–Crippen LogP) is 8.53. The van der Waals surface area contributed by atoms with Crippen LogP contribution in [0, 0.1) is 5.41 Å². The number of amidine groups is 1. The van der Waals surface area contributed by atoms with E-state index in [0.29, 0.717) is 0 Å². The number of hydrogen-bond acceptors (Lipinski definition) is 5. The van der Waals surface area contributed by atoms with Crippen molar-refractivity contribution in [3.8, 4) is 0 Å². The molecule has 1 aromatic heterocycles. The van der Waals surface area contributed by atoms with Crippen LogP contribution in [-0.2, 0) is 10.8 Å². The molecule has 1 aliphatic carbocycles. The van der Waals surface area contributed by atoms with Crippen molar-refractivity contribution in [2.75, 3.05) is 26.6 Å². The number of rotatable bonds is 2. The van der Waals surface area contributed by atoms with E-state index in [0.717, 1.165) is 28.7 Å². The van der Waals surface area contributed by atoms with Gasteiger partial charge in [-0.1, -0.05) is 92.7 Å². The van der Waals surface area contributed by atoms with Gasteiger partial charge in [0.1, 0.15) is 12.3 Å². The molecule has 6 nitrogen and oxygen atoms in total. The Balaban J connectivity index is 1.33. The predicted molar refractivity (Wildman–Crippen MR) is 191 cm³/mol. The first-order valence-electron chi connectivity index (χ1n) is 16.6. The Kier molecular flexibility index (Phi) is 5.09. The highest BCUT2D eigenvalue weighted by Gasteiger charge is 2.94. The molecule has 2 fully saturated rings. The zero-order valence-electron chi connectivity index (χ0n) is 27.0. The van der Waals surface area contributed by atoms with E-state index in [1.54, 1.807) is 0 Å². The fourth-order valence-corrected chi connectivity index (χ4v) is 10.6.